The molecule has 2 unspecified atom stereocenters. The van der Waals surface area contributed by atoms with Gasteiger partial charge in [0, 0.05) is 12.2 Å². The average Bonchev–Trinajstić information content (AvgIpc) is 3.13. The summed E-state index contributed by atoms with van der Waals surface area (Å²) in [6, 6.07) is 3.44. The zero-order chi connectivity index (χ0) is 19.9. The Morgan fingerprint density at radius 1 is 1.26 bits per heavy atom. The number of hydrogen-bond acceptors (Lipinski definition) is 3. The fourth-order valence-corrected chi connectivity index (χ4v) is 2.74. The molecular formula is C18H24F3N5O. The lowest BCUT2D eigenvalue weighted by Crippen LogP contribution is -2.42. The Labute approximate surface area is 155 Å². The minimum atomic E-state index is -4.47. The van der Waals surface area contributed by atoms with Crippen LogP contribution in [0.25, 0.3) is 0 Å². The Morgan fingerprint density at radius 3 is 2.67 bits per heavy atom. The first-order valence-corrected chi connectivity index (χ1v) is 8.91. The van der Waals surface area contributed by atoms with Crippen molar-refractivity contribution in [3.63, 3.8) is 0 Å². The van der Waals surface area contributed by atoms with Crippen LogP contribution < -0.4 is 10.6 Å². The standard InChI is InChI=1S/C18H24F3N5O/c1-3-4-5-7-12(2)23-17(27)24-16(15-11-22-26-25-15)13-8-6-9-14(10-13)18(19,20)21/h6,8-12,16H,3-5,7H2,1-2H3,(H,22,25,26)(H2,23,24,27). The molecule has 1 heterocycles. The van der Waals surface area contributed by atoms with Gasteiger partial charge in [-0.25, -0.2) is 4.79 Å². The molecule has 6 nitrogen and oxygen atoms in total. The van der Waals surface area contributed by atoms with Crippen molar-refractivity contribution in [1.29, 1.82) is 0 Å². The van der Waals surface area contributed by atoms with Crippen molar-refractivity contribution in [3.8, 4) is 0 Å². The summed E-state index contributed by atoms with van der Waals surface area (Å²) in [5.74, 6) is 0. The highest BCUT2D eigenvalue weighted by Gasteiger charge is 2.31. The molecule has 9 heteroatoms. The van der Waals surface area contributed by atoms with Gasteiger partial charge in [0.1, 0.15) is 11.7 Å². The number of urea groups is 1. The Morgan fingerprint density at radius 2 is 2.04 bits per heavy atom. The second-order valence-corrected chi connectivity index (χ2v) is 6.47. The number of alkyl halides is 3. The molecular weight excluding hydrogens is 359 g/mol. The van der Waals surface area contributed by atoms with Gasteiger partial charge in [0.05, 0.1) is 5.56 Å². The van der Waals surface area contributed by atoms with Crippen LogP contribution in [0.5, 0.6) is 0 Å². The van der Waals surface area contributed by atoms with Crippen LogP contribution in [0.1, 0.15) is 62.4 Å². The molecule has 1 aromatic carbocycles. The molecule has 0 aliphatic heterocycles. The van der Waals surface area contributed by atoms with E-state index in [-0.39, 0.29) is 11.6 Å². The lowest BCUT2D eigenvalue weighted by molar-refractivity contribution is -0.137. The number of benzene rings is 1. The van der Waals surface area contributed by atoms with Gasteiger partial charge in [0.2, 0.25) is 0 Å². The molecule has 3 N–H and O–H groups in total. The predicted octanol–water partition coefficient (Wildman–Crippen LogP) is 4.18. The number of amides is 2. The summed E-state index contributed by atoms with van der Waals surface area (Å²) >= 11 is 0. The SMILES string of the molecule is CCCCCC(C)NC(=O)NC(c1cccc(C(F)(F)F)c1)c1c[nH]nn1. The van der Waals surface area contributed by atoms with E-state index >= 15 is 0 Å². The van der Waals surface area contributed by atoms with E-state index in [0.29, 0.717) is 5.69 Å². The van der Waals surface area contributed by atoms with Crippen LogP contribution >= 0.6 is 0 Å². The topological polar surface area (TPSA) is 82.7 Å². The van der Waals surface area contributed by atoms with Gasteiger partial charge >= 0.3 is 12.2 Å². The molecule has 2 rings (SSSR count). The maximum Gasteiger partial charge on any atom is 0.416 e. The van der Waals surface area contributed by atoms with Gasteiger partial charge < -0.3 is 10.6 Å². The molecule has 0 spiro atoms. The fraction of sp³-hybridized carbons (Fsp3) is 0.500. The first-order chi connectivity index (χ1) is 12.8. The number of carbonyl (C=O) groups excluding carboxylic acids is 1. The molecule has 0 aliphatic rings. The number of nitrogens with zero attached hydrogens (tertiary/aromatic N) is 2. The lowest BCUT2D eigenvalue weighted by Gasteiger charge is -2.21. The minimum Gasteiger partial charge on any atom is -0.336 e. The molecule has 0 saturated carbocycles. The molecule has 0 fully saturated rings. The van der Waals surface area contributed by atoms with E-state index in [1.54, 1.807) is 0 Å². The maximum atomic E-state index is 13.0. The van der Waals surface area contributed by atoms with Crippen molar-refractivity contribution < 1.29 is 18.0 Å². The summed E-state index contributed by atoms with van der Waals surface area (Å²) in [5, 5.41) is 15.5. The van der Waals surface area contributed by atoms with Gasteiger partial charge in [-0.3, -0.25) is 5.10 Å². The van der Waals surface area contributed by atoms with Crippen LogP contribution in [-0.2, 0) is 6.18 Å². The number of aromatic amines is 1. The monoisotopic (exact) mass is 383 g/mol. The number of H-pyrrole nitrogens is 1. The number of aromatic nitrogens is 3. The summed E-state index contributed by atoms with van der Waals surface area (Å²) in [6.45, 7) is 3.99. The van der Waals surface area contributed by atoms with E-state index in [9.17, 15) is 18.0 Å². The molecule has 1 aromatic heterocycles. The van der Waals surface area contributed by atoms with E-state index in [4.69, 9.17) is 0 Å². The van der Waals surface area contributed by atoms with Crippen LogP contribution in [0.3, 0.4) is 0 Å². The first kappa shape index (κ1) is 20.7. The van der Waals surface area contributed by atoms with E-state index in [0.717, 1.165) is 37.8 Å². The molecule has 0 radical (unpaired) electrons. The number of rotatable bonds is 8. The molecule has 2 aromatic rings. The number of unbranched alkanes of at least 4 members (excludes halogenated alkanes) is 2. The summed E-state index contributed by atoms with van der Waals surface area (Å²) < 4.78 is 39.1. The summed E-state index contributed by atoms with van der Waals surface area (Å²) in [5.41, 5.74) is -0.195. The van der Waals surface area contributed by atoms with Crippen molar-refractivity contribution in [2.24, 2.45) is 0 Å². The van der Waals surface area contributed by atoms with Gasteiger partial charge in [-0.1, -0.05) is 43.5 Å². The van der Waals surface area contributed by atoms with Crippen molar-refractivity contribution >= 4 is 6.03 Å². The molecule has 27 heavy (non-hydrogen) atoms. The number of halogens is 3. The molecule has 0 saturated heterocycles. The Balaban J connectivity index is 2.13. The highest BCUT2D eigenvalue weighted by molar-refractivity contribution is 5.75. The van der Waals surface area contributed by atoms with Gasteiger partial charge in [-0.05, 0) is 31.0 Å². The minimum absolute atomic E-state index is 0.0454. The van der Waals surface area contributed by atoms with E-state index in [1.165, 1.54) is 18.3 Å². The van der Waals surface area contributed by atoms with Crippen LogP contribution in [0, 0.1) is 0 Å². The largest absolute Gasteiger partial charge is 0.416 e. The Kier molecular flexibility index (Phi) is 7.20. The van der Waals surface area contributed by atoms with Crippen LogP contribution in [0.4, 0.5) is 18.0 Å². The van der Waals surface area contributed by atoms with Crippen molar-refractivity contribution in [3.05, 3.63) is 47.3 Å². The van der Waals surface area contributed by atoms with Gasteiger partial charge in [-0.2, -0.15) is 13.2 Å². The lowest BCUT2D eigenvalue weighted by atomic mass is 10.0. The maximum absolute atomic E-state index is 13.0. The third-order valence-electron chi connectivity index (χ3n) is 4.17. The molecule has 2 atom stereocenters. The Bertz CT molecular complexity index is 718. The van der Waals surface area contributed by atoms with Gasteiger partial charge in [0.15, 0.2) is 0 Å². The zero-order valence-electron chi connectivity index (χ0n) is 15.3. The molecule has 148 valence electrons. The zero-order valence-corrected chi connectivity index (χ0v) is 15.3. The smallest absolute Gasteiger partial charge is 0.336 e. The van der Waals surface area contributed by atoms with Crippen LogP contribution in [0.15, 0.2) is 30.5 Å². The normalized spacial score (nSPS) is 13.8. The summed E-state index contributed by atoms with van der Waals surface area (Å²) in [7, 11) is 0. The van der Waals surface area contributed by atoms with Gasteiger partial charge in [-0.15, -0.1) is 5.10 Å². The predicted molar refractivity (Wildman–Crippen MR) is 94.9 cm³/mol. The van der Waals surface area contributed by atoms with Crippen LogP contribution in [-0.4, -0.2) is 27.5 Å². The van der Waals surface area contributed by atoms with E-state index in [1.807, 2.05) is 6.92 Å². The van der Waals surface area contributed by atoms with Crippen molar-refractivity contribution in [1.82, 2.24) is 26.0 Å². The highest BCUT2D eigenvalue weighted by atomic mass is 19.4. The third kappa shape index (κ3) is 6.26. The van der Waals surface area contributed by atoms with Crippen molar-refractivity contribution in [2.75, 3.05) is 0 Å². The second kappa shape index (κ2) is 9.38. The van der Waals surface area contributed by atoms with Crippen LogP contribution in [0.2, 0.25) is 0 Å². The Hall–Kier alpha value is -2.58. The summed E-state index contributed by atoms with van der Waals surface area (Å²) in [6.07, 6.45) is 0.968. The highest BCUT2D eigenvalue weighted by Crippen LogP contribution is 2.31. The quantitative estimate of drug-likeness (QED) is 0.598. The molecule has 2 amide bonds. The third-order valence-corrected chi connectivity index (χ3v) is 4.17. The molecule has 0 bridgehead atoms. The fourth-order valence-electron chi connectivity index (χ4n) is 2.74. The van der Waals surface area contributed by atoms with E-state index in [2.05, 4.69) is 33.0 Å². The number of nitrogens with one attached hydrogen (secondary N) is 3. The summed E-state index contributed by atoms with van der Waals surface area (Å²) in [4.78, 5) is 12.3. The molecule has 0 aliphatic carbocycles. The number of hydrogen-bond donors (Lipinski definition) is 3. The van der Waals surface area contributed by atoms with Crippen molar-refractivity contribution in [2.45, 2.75) is 57.8 Å². The average molecular weight is 383 g/mol. The van der Waals surface area contributed by atoms with E-state index < -0.39 is 23.8 Å². The second-order valence-electron chi connectivity index (χ2n) is 6.47. The first-order valence-electron chi connectivity index (χ1n) is 8.91. The van der Waals surface area contributed by atoms with Gasteiger partial charge in [0.25, 0.3) is 0 Å². The number of carbonyl (C=O) groups is 1.